The van der Waals surface area contributed by atoms with Crippen LogP contribution >= 0.6 is 0 Å². The van der Waals surface area contributed by atoms with Gasteiger partial charge in [0.2, 0.25) is 0 Å². The van der Waals surface area contributed by atoms with Crippen molar-refractivity contribution in [3.05, 3.63) is 57.1 Å². The molecule has 9 nitrogen and oxygen atoms in total. The Labute approximate surface area is 203 Å². The molecule has 2 aromatic heterocycles. The van der Waals surface area contributed by atoms with Gasteiger partial charge in [-0.05, 0) is 64.3 Å². The number of hydrogen-bond acceptors (Lipinski definition) is 7. The first-order valence-electron chi connectivity index (χ1n) is 11.9. The molecule has 190 valence electrons. The quantitative estimate of drug-likeness (QED) is 0.537. The molecule has 1 N–H and O–H groups in total. The Morgan fingerprint density at radius 3 is 2.63 bits per heavy atom. The maximum absolute atomic E-state index is 13.4. The highest BCUT2D eigenvalue weighted by Gasteiger charge is 2.25. The van der Waals surface area contributed by atoms with Crippen molar-refractivity contribution in [3.63, 3.8) is 0 Å². The van der Waals surface area contributed by atoms with Gasteiger partial charge in [-0.2, -0.15) is 8.42 Å². The summed E-state index contributed by atoms with van der Waals surface area (Å²) < 4.78 is 46.5. The van der Waals surface area contributed by atoms with E-state index >= 15 is 0 Å². The van der Waals surface area contributed by atoms with E-state index in [1.807, 2.05) is 11.5 Å². The molecule has 3 aromatic rings. The standard InChI is InChI=1S/C23H27FN4O2.CH4O3S/c1-15-18(23(29)28-10-3-2-4-21(28)25-15)9-13-27-11-7-16(8-12-27)22-19-6-5-17(24)14-20(19)30-26-22;1-5(2,3)4/h5-6,14,16H,2-4,7-13H2,1H3;1H3,(H,2,3,4). The van der Waals surface area contributed by atoms with Crippen LogP contribution in [0, 0.1) is 12.7 Å². The Morgan fingerprint density at radius 2 is 1.91 bits per heavy atom. The highest BCUT2D eigenvalue weighted by Crippen LogP contribution is 2.32. The van der Waals surface area contributed by atoms with E-state index in [-0.39, 0.29) is 11.4 Å². The van der Waals surface area contributed by atoms with Crippen LogP contribution in [0.15, 0.2) is 27.5 Å². The molecular weight excluding hydrogens is 475 g/mol. The van der Waals surface area contributed by atoms with Crippen molar-refractivity contribution < 1.29 is 21.9 Å². The third-order valence-corrected chi connectivity index (χ3v) is 6.69. The van der Waals surface area contributed by atoms with E-state index in [9.17, 15) is 17.6 Å². The number of piperidine rings is 1. The first-order chi connectivity index (χ1) is 16.6. The molecule has 0 aliphatic carbocycles. The minimum atomic E-state index is -3.67. The summed E-state index contributed by atoms with van der Waals surface area (Å²) in [7, 11) is -3.67. The van der Waals surface area contributed by atoms with Crippen LogP contribution in [-0.4, -0.2) is 58.5 Å². The van der Waals surface area contributed by atoms with Crippen molar-refractivity contribution in [3.8, 4) is 0 Å². The summed E-state index contributed by atoms with van der Waals surface area (Å²) in [4.78, 5) is 20.1. The van der Waals surface area contributed by atoms with Crippen molar-refractivity contribution in [1.82, 2.24) is 19.6 Å². The van der Waals surface area contributed by atoms with Crippen LogP contribution in [0.25, 0.3) is 11.0 Å². The van der Waals surface area contributed by atoms with Gasteiger partial charge in [-0.1, -0.05) is 5.16 Å². The van der Waals surface area contributed by atoms with E-state index in [0.717, 1.165) is 92.9 Å². The molecule has 1 saturated heterocycles. The highest BCUT2D eigenvalue weighted by molar-refractivity contribution is 7.85. The first kappa shape index (κ1) is 25.5. The van der Waals surface area contributed by atoms with Gasteiger partial charge in [0, 0.05) is 48.1 Å². The first-order valence-corrected chi connectivity index (χ1v) is 13.7. The van der Waals surface area contributed by atoms with Crippen LogP contribution in [0.4, 0.5) is 4.39 Å². The van der Waals surface area contributed by atoms with Gasteiger partial charge in [-0.3, -0.25) is 13.9 Å². The molecule has 0 bridgehead atoms. The molecule has 4 heterocycles. The van der Waals surface area contributed by atoms with Gasteiger partial charge in [-0.15, -0.1) is 0 Å². The Bertz CT molecular complexity index is 1350. The zero-order valence-corrected chi connectivity index (χ0v) is 20.9. The van der Waals surface area contributed by atoms with E-state index in [1.54, 1.807) is 6.07 Å². The second kappa shape index (κ2) is 10.5. The van der Waals surface area contributed by atoms with E-state index in [0.29, 0.717) is 17.8 Å². The highest BCUT2D eigenvalue weighted by atomic mass is 32.2. The van der Waals surface area contributed by atoms with Crippen LogP contribution < -0.4 is 5.56 Å². The number of benzene rings is 1. The minimum Gasteiger partial charge on any atom is -0.356 e. The fraction of sp³-hybridized carbons (Fsp3) is 0.542. The molecule has 35 heavy (non-hydrogen) atoms. The van der Waals surface area contributed by atoms with Crippen LogP contribution in [0.2, 0.25) is 0 Å². The SMILES string of the molecule is CS(=O)(=O)O.Cc1nc2n(c(=O)c1CCN1CCC(c3noc4cc(F)ccc34)CC1)CCCC2. The third-order valence-electron chi connectivity index (χ3n) is 6.69. The van der Waals surface area contributed by atoms with Gasteiger partial charge in [0.25, 0.3) is 15.7 Å². The molecular formula is C24H31FN4O5S. The summed E-state index contributed by atoms with van der Waals surface area (Å²) in [5.41, 5.74) is 3.38. The van der Waals surface area contributed by atoms with Gasteiger partial charge in [0.15, 0.2) is 5.58 Å². The smallest absolute Gasteiger partial charge is 0.261 e. The van der Waals surface area contributed by atoms with Gasteiger partial charge in [-0.25, -0.2) is 9.37 Å². The number of aryl methyl sites for hydroxylation is 2. The second-order valence-electron chi connectivity index (χ2n) is 9.31. The molecule has 0 radical (unpaired) electrons. The largest absolute Gasteiger partial charge is 0.356 e. The van der Waals surface area contributed by atoms with Crippen LogP contribution in [0.1, 0.15) is 54.4 Å². The van der Waals surface area contributed by atoms with Crippen molar-refractivity contribution in [2.45, 2.75) is 57.9 Å². The number of aromatic nitrogens is 3. The molecule has 1 fully saturated rings. The topological polar surface area (TPSA) is 119 Å². The fourth-order valence-corrected chi connectivity index (χ4v) is 4.94. The van der Waals surface area contributed by atoms with Gasteiger partial charge in [0.1, 0.15) is 11.6 Å². The Balaban J connectivity index is 0.000000527. The lowest BCUT2D eigenvalue weighted by atomic mass is 9.91. The summed E-state index contributed by atoms with van der Waals surface area (Å²) in [6.45, 7) is 5.55. The van der Waals surface area contributed by atoms with Crippen molar-refractivity contribution in [1.29, 1.82) is 0 Å². The molecule has 2 aliphatic rings. The normalized spacial score (nSPS) is 17.1. The number of fused-ring (bicyclic) bond motifs is 2. The second-order valence-corrected chi connectivity index (χ2v) is 10.8. The molecule has 0 unspecified atom stereocenters. The molecule has 1 aromatic carbocycles. The lowest BCUT2D eigenvalue weighted by molar-refractivity contribution is 0.211. The molecule has 11 heteroatoms. The summed E-state index contributed by atoms with van der Waals surface area (Å²) in [5, 5.41) is 5.15. The van der Waals surface area contributed by atoms with Crippen molar-refractivity contribution in [2.24, 2.45) is 0 Å². The monoisotopic (exact) mass is 506 g/mol. The average molecular weight is 507 g/mol. The number of nitrogens with zero attached hydrogens (tertiary/aromatic N) is 4. The molecule has 5 rings (SSSR count). The summed E-state index contributed by atoms with van der Waals surface area (Å²) >= 11 is 0. The summed E-state index contributed by atoms with van der Waals surface area (Å²) in [6.07, 6.45) is 6.53. The zero-order chi connectivity index (χ0) is 25.2. The molecule has 0 saturated carbocycles. The lowest BCUT2D eigenvalue weighted by Crippen LogP contribution is -2.37. The predicted molar refractivity (Wildman–Crippen MR) is 130 cm³/mol. The molecule has 0 spiro atoms. The van der Waals surface area contributed by atoms with E-state index in [1.165, 1.54) is 12.1 Å². The Kier molecular flexibility index (Phi) is 7.67. The number of hydrogen-bond donors (Lipinski definition) is 1. The van der Waals surface area contributed by atoms with E-state index in [4.69, 9.17) is 14.1 Å². The van der Waals surface area contributed by atoms with E-state index in [2.05, 4.69) is 10.1 Å². The Hall–Kier alpha value is -2.63. The average Bonchev–Trinajstić information content (AvgIpc) is 3.21. The van der Waals surface area contributed by atoms with Crippen molar-refractivity contribution in [2.75, 3.05) is 25.9 Å². The van der Waals surface area contributed by atoms with Gasteiger partial charge in [0.05, 0.1) is 11.9 Å². The minimum absolute atomic E-state index is 0.161. The predicted octanol–water partition coefficient (Wildman–Crippen LogP) is 3.09. The van der Waals surface area contributed by atoms with Gasteiger partial charge < -0.3 is 9.42 Å². The Morgan fingerprint density at radius 1 is 1.20 bits per heavy atom. The summed E-state index contributed by atoms with van der Waals surface area (Å²) in [6, 6.07) is 4.63. The molecule has 0 amide bonds. The fourth-order valence-electron chi connectivity index (χ4n) is 4.94. The number of rotatable bonds is 4. The summed E-state index contributed by atoms with van der Waals surface area (Å²) in [5.74, 6) is 0.974. The number of likely N-dealkylation sites (tertiary alicyclic amines) is 1. The maximum Gasteiger partial charge on any atom is 0.261 e. The van der Waals surface area contributed by atoms with Crippen LogP contribution in [-0.2, 0) is 29.5 Å². The molecule has 2 aliphatic heterocycles. The van der Waals surface area contributed by atoms with Gasteiger partial charge >= 0.3 is 0 Å². The maximum atomic E-state index is 13.4. The van der Waals surface area contributed by atoms with Crippen molar-refractivity contribution >= 4 is 21.1 Å². The lowest BCUT2D eigenvalue weighted by Gasteiger charge is -2.31. The van der Waals surface area contributed by atoms with E-state index < -0.39 is 10.1 Å². The molecule has 0 atom stereocenters. The van der Waals surface area contributed by atoms with Crippen LogP contribution in [0.5, 0.6) is 0 Å². The third kappa shape index (κ3) is 6.33. The zero-order valence-electron chi connectivity index (χ0n) is 20.0. The van der Waals surface area contributed by atoms with Crippen LogP contribution in [0.3, 0.4) is 0 Å². The number of halogens is 1.